The molecule has 3 aromatic rings. The van der Waals surface area contributed by atoms with Gasteiger partial charge in [0.1, 0.15) is 12.6 Å². The largest absolute Gasteiger partial charge is 0.352 e. The number of amides is 2. The molecule has 0 saturated carbocycles. The van der Waals surface area contributed by atoms with Gasteiger partial charge < -0.3 is 10.2 Å². The molecule has 0 saturated heterocycles. The molecule has 0 aromatic heterocycles. The first kappa shape index (κ1) is 30.4. The van der Waals surface area contributed by atoms with Gasteiger partial charge >= 0.3 is 0 Å². The number of nitrogens with zero attached hydrogens (tertiary/aromatic N) is 2. The third kappa shape index (κ3) is 7.70. The quantitative estimate of drug-likeness (QED) is 0.305. The Morgan fingerprint density at radius 2 is 1.54 bits per heavy atom. The van der Waals surface area contributed by atoms with Crippen LogP contribution in [0.4, 0.5) is 5.69 Å². The van der Waals surface area contributed by atoms with Crippen molar-refractivity contribution in [1.82, 2.24) is 10.2 Å². The summed E-state index contributed by atoms with van der Waals surface area (Å²) in [5.74, 6) is -0.772. The number of halogens is 1. The van der Waals surface area contributed by atoms with Crippen LogP contribution in [-0.2, 0) is 26.2 Å². The molecule has 0 bridgehead atoms. The maximum Gasteiger partial charge on any atom is 0.264 e. The minimum absolute atomic E-state index is 0.0588. The number of anilines is 1. The van der Waals surface area contributed by atoms with E-state index in [1.807, 2.05) is 52.0 Å². The van der Waals surface area contributed by atoms with Crippen molar-refractivity contribution in [1.29, 1.82) is 0 Å². The number of hydrogen-bond donors (Lipinski definition) is 1. The van der Waals surface area contributed by atoms with Gasteiger partial charge in [0.15, 0.2) is 0 Å². The Kier molecular flexibility index (Phi) is 10.3. The summed E-state index contributed by atoms with van der Waals surface area (Å²) in [4.78, 5) is 28.6. The Balaban J connectivity index is 2.03. The molecule has 2 atom stereocenters. The molecular weight excluding hydrogens is 578 g/mol. The van der Waals surface area contributed by atoms with E-state index in [1.54, 1.807) is 43.3 Å². The van der Waals surface area contributed by atoms with E-state index in [1.165, 1.54) is 17.0 Å². The Morgan fingerprint density at radius 1 is 0.923 bits per heavy atom. The zero-order chi connectivity index (χ0) is 28.7. The number of carbonyl (C=O) groups excluding carboxylic acids is 2. The fourth-order valence-electron chi connectivity index (χ4n) is 3.99. The van der Waals surface area contributed by atoms with Crippen LogP contribution < -0.4 is 9.62 Å². The molecule has 0 fully saturated rings. The van der Waals surface area contributed by atoms with Crippen molar-refractivity contribution in [2.75, 3.05) is 10.8 Å². The maximum absolute atomic E-state index is 14.0. The summed E-state index contributed by atoms with van der Waals surface area (Å²) in [6.45, 7) is 9.06. The highest BCUT2D eigenvalue weighted by atomic mass is 79.9. The number of hydrogen-bond acceptors (Lipinski definition) is 4. The smallest absolute Gasteiger partial charge is 0.264 e. The number of nitrogens with one attached hydrogen (secondary N) is 1. The molecule has 0 aliphatic rings. The van der Waals surface area contributed by atoms with Crippen LogP contribution in [0.25, 0.3) is 0 Å². The molecule has 9 heteroatoms. The van der Waals surface area contributed by atoms with Crippen molar-refractivity contribution in [2.45, 2.75) is 64.6 Å². The van der Waals surface area contributed by atoms with Crippen LogP contribution in [0.1, 0.15) is 43.9 Å². The van der Waals surface area contributed by atoms with E-state index >= 15 is 0 Å². The highest BCUT2D eigenvalue weighted by Gasteiger charge is 2.33. The normalized spacial score (nSPS) is 12.9. The monoisotopic (exact) mass is 613 g/mol. The van der Waals surface area contributed by atoms with Crippen LogP contribution in [0.15, 0.2) is 82.2 Å². The first-order valence-corrected chi connectivity index (χ1v) is 15.2. The molecule has 208 valence electrons. The lowest BCUT2D eigenvalue weighted by Gasteiger charge is -2.32. The third-order valence-electron chi connectivity index (χ3n) is 6.77. The molecule has 2 amide bonds. The predicted molar refractivity (Wildman–Crippen MR) is 159 cm³/mol. The van der Waals surface area contributed by atoms with Gasteiger partial charge in [-0.1, -0.05) is 64.8 Å². The summed E-state index contributed by atoms with van der Waals surface area (Å²) in [6.07, 6.45) is 0.746. The second kappa shape index (κ2) is 13.3. The molecule has 0 aliphatic heterocycles. The van der Waals surface area contributed by atoms with Crippen molar-refractivity contribution in [3.05, 3.63) is 94.0 Å². The summed E-state index contributed by atoms with van der Waals surface area (Å²) in [5, 5.41) is 2.95. The number of sulfonamides is 1. The molecule has 3 aromatic carbocycles. The number of carbonyl (C=O) groups is 2. The predicted octanol–water partition coefficient (Wildman–Crippen LogP) is 5.59. The molecule has 0 unspecified atom stereocenters. The summed E-state index contributed by atoms with van der Waals surface area (Å²) in [7, 11) is -4.09. The Hall–Kier alpha value is -3.17. The fraction of sp³-hybridized carbons (Fsp3) is 0.333. The van der Waals surface area contributed by atoms with Gasteiger partial charge in [0, 0.05) is 17.1 Å². The van der Waals surface area contributed by atoms with Gasteiger partial charge in [-0.3, -0.25) is 13.9 Å². The zero-order valence-electron chi connectivity index (χ0n) is 23.0. The lowest BCUT2D eigenvalue weighted by atomic mass is 10.1. The highest BCUT2D eigenvalue weighted by molar-refractivity contribution is 9.10. The zero-order valence-corrected chi connectivity index (χ0v) is 25.4. The first-order valence-electron chi connectivity index (χ1n) is 12.9. The topological polar surface area (TPSA) is 86.8 Å². The molecule has 0 radical (unpaired) electrons. The van der Waals surface area contributed by atoms with E-state index in [0.29, 0.717) is 5.69 Å². The lowest BCUT2D eigenvalue weighted by molar-refractivity contribution is -0.139. The minimum Gasteiger partial charge on any atom is -0.352 e. The SMILES string of the molecule is CC[C@H](C)NC(=O)[C@H](C)N(Cc1ccccc1C)C(=O)CN(c1ccc(Br)cc1)S(=O)(=O)c1ccc(C)cc1. The lowest BCUT2D eigenvalue weighted by Crippen LogP contribution is -2.52. The Labute approximate surface area is 240 Å². The van der Waals surface area contributed by atoms with E-state index < -0.39 is 28.5 Å². The van der Waals surface area contributed by atoms with E-state index in [4.69, 9.17) is 0 Å². The van der Waals surface area contributed by atoms with Gasteiger partial charge in [-0.25, -0.2) is 8.42 Å². The first-order chi connectivity index (χ1) is 18.4. The van der Waals surface area contributed by atoms with Gasteiger partial charge in [-0.05, 0) is 81.6 Å². The van der Waals surface area contributed by atoms with Gasteiger partial charge in [0.25, 0.3) is 10.0 Å². The molecule has 0 heterocycles. The van der Waals surface area contributed by atoms with E-state index in [2.05, 4.69) is 21.2 Å². The average Bonchev–Trinajstić information content (AvgIpc) is 2.91. The van der Waals surface area contributed by atoms with E-state index in [-0.39, 0.29) is 23.4 Å². The van der Waals surface area contributed by atoms with Crippen molar-refractivity contribution >= 4 is 43.5 Å². The van der Waals surface area contributed by atoms with Crippen LogP contribution in [0.3, 0.4) is 0 Å². The molecule has 39 heavy (non-hydrogen) atoms. The van der Waals surface area contributed by atoms with E-state index in [0.717, 1.165) is 31.9 Å². The van der Waals surface area contributed by atoms with Gasteiger partial charge in [0.05, 0.1) is 10.6 Å². The van der Waals surface area contributed by atoms with Crippen molar-refractivity contribution in [3.63, 3.8) is 0 Å². The molecule has 0 aliphatic carbocycles. The van der Waals surface area contributed by atoms with Gasteiger partial charge in [-0.2, -0.15) is 0 Å². The van der Waals surface area contributed by atoms with Crippen LogP contribution in [0.5, 0.6) is 0 Å². The third-order valence-corrected chi connectivity index (χ3v) is 9.09. The Morgan fingerprint density at radius 3 is 2.13 bits per heavy atom. The van der Waals surface area contributed by atoms with Gasteiger partial charge in [-0.15, -0.1) is 0 Å². The molecule has 3 rings (SSSR count). The molecule has 1 N–H and O–H groups in total. The second-order valence-corrected chi connectivity index (χ2v) is 12.5. The number of aryl methyl sites for hydroxylation is 2. The van der Waals surface area contributed by atoms with Gasteiger partial charge in [0.2, 0.25) is 11.8 Å². The molecular formula is C30H36BrN3O4S. The molecule has 0 spiro atoms. The fourth-order valence-corrected chi connectivity index (χ4v) is 5.67. The minimum atomic E-state index is -4.09. The van der Waals surface area contributed by atoms with Crippen molar-refractivity contribution in [3.8, 4) is 0 Å². The van der Waals surface area contributed by atoms with Crippen molar-refractivity contribution in [2.24, 2.45) is 0 Å². The summed E-state index contributed by atoms with van der Waals surface area (Å²) in [5.41, 5.74) is 3.12. The highest BCUT2D eigenvalue weighted by Crippen LogP contribution is 2.26. The molecule has 7 nitrogen and oxygen atoms in total. The Bertz CT molecular complexity index is 1390. The number of rotatable bonds is 11. The van der Waals surface area contributed by atoms with E-state index in [9.17, 15) is 18.0 Å². The van der Waals surface area contributed by atoms with Crippen LogP contribution in [-0.4, -0.2) is 43.8 Å². The van der Waals surface area contributed by atoms with Crippen LogP contribution in [0.2, 0.25) is 0 Å². The summed E-state index contributed by atoms with van der Waals surface area (Å²) >= 11 is 3.39. The average molecular weight is 615 g/mol. The van der Waals surface area contributed by atoms with Crippen molar-refractivity contribution < 1.29 is 18.0 Å². The summed E-state index contributed by atoms with van der Waals surface area (Å²) < 4.78 is 29.6. The standard InChI is InChI=1S/C30H36BrN3O4S/c1-6-23(4)32-30(36)24(5)33(19-25-10-8-7-9-22(25)3)29(35)20-34(27-15-13-26(31)14-16-27)39(37,38)28-17-11-21(2)12-18-28/h7-18,23-24H,6,19-20H2,1-5H3,(H,32,36)/t23-,24-/m0/s1. The van der Waals surface area contributed by atoms with Crippen LogP contribution in [0, 0.1) is 13.8 Å². The summed E-state index contributed by atoms with van der Waals surface area (Å²) in [6, 6.07) is 20.0. The van der Waals surface area contributed by atoms with Crippen LogP contribution >= 0.6 is 15.9 Å². The number of benzene rings is 3. The maximum atomic E-state index is 14.0. The second-order valence-electron chi connectivity index (χ2n) is 9.74.